The monoisotopic (exact) mass is 629 g/mol. The highest BCUT2D eigenvalue weighted by atomic mass is 32.2. The molecule has 11 nitrogen and oxygen atoms in total. The molecule has 2 aromatic carbocycles. The van der Waals surface area contributed by atoms with Crippen LogP contribution in [-0.4, -0.2) is 44.8 Å². The van der Waals surface area contributed by atoms with Gasteiger partial charge in [0.15, 0.2) is 11.6 Å². The van der Waals surface area contributed by atoms with Crippen molar-refractivity contribution in [2.45, 2.75) is 50.6 Å². The smallest absolute Gasteiger partial charge is 0.286 e. The van der Waals surface area contributed by atoms with E-state index in [1.807, 2.05) is 5.38 Å². The Hall–Kier alpha value is -3.59. The Balaban J connectivity index is 1.64. The van der Waals surface area contributed by atoms with Gasteiger partial charge in [0.05, 0.1) is 11.9 Å². The number of aromatic nitrogens is 1. The number of hydrogen-bond acceptors (Lipinski definition) is 10. The van der Waals surface area contributed by atoms with E-state index >= 15 is 0 Å². The summed E-state index contributed by atoms with van der Waals surface area (Å²) >= 11 is 1.44. The molecule has 1 aliphatic carbocycles. The predicted molar refractivity (Wildman–Crippen MR) is 163 cm³/mol. The van der Waals surface area contributed by atoms with Crippen LogP contribution in [0.5, 0.6) is 0 Å². The summed E-state index contributed by atoms with van der Waals surface area (Å²) in [4.78, 5) is 18.7. The van der Waals surface area contributed by atoms with Crippen LogP contribution in [0.15, 0.2) is 68.9 Å². The number of Topliss-reactive ketones (excluding diaryl/α,β-unsaturated/α-hetero) is 1. The second kappa shape index (κ2) is 10.6. The lowest BCUT2D eigenvalue weighted by Crippen LogP contribution is -2.53. The molecule has 222 valence electrons. The highest BCUT2D eigenvalue weighted by molar-refractivity contribution is 7.92. The third kappa shape index (κ3) is 5.84. The number of nitrogens with zero attached hydrogens (tertiary/aromatic N) is 2. The lowest BCUT2D eigenvalue weighted by Gasteiger charge is -2.41. The highest BCUT2D eigenvalue weighted by Gasteiger charge is 2.50. The Morgan fingerprint density at radius 2 is 1.88 bits per heavy atom. The van der Waals surface area contributed by atoms with Crippen LogP contribution >= 0.6 is 11.3 Å². The van der Waals surface area contributed by atoms with Crippen molar-refractivity contribution in [3.63, 3.8) is 0 Å². The van der Waals surface area contributed by atoms with Crippen LogP contribution in [0.2, 0.25) is 0 Å². The van der Waals surface area contributed by atoms with Crippen LogP contribution < -0.4 is 15.4 Å². The van der Waals surface area contributed by atoms with Crippen LogP contribution in [0, 0.1) is 5.41 Å². The fourth-order valence-electron chi connectivity index (χ4n) is 5.05. The molecule has 1 aliphatic heterocycles. The Morgan fingerprint density at radius 1 is 1.14 bits per heavy atom. The zero-order valence-electron chi connectivity index (χ0n) is 23.4. The van der Waals surface area contributed by atoms with Crippen molar-refractivity contribution >= 4 is 60.1 Å². The first-order valence-electron chi connectivity index (χ1n) is 13.1. The van der Waals surface area contributed by atoms with Crippen molar-refractivity contribution < 1.29 is 26.7 Å². The Kier molecular flexibility index (Phi) is 7.54. The van der Waals surface area contributed by atoms with Crippen molar-refractivity contribution in [2.24, 2.45) is 9.81 Å². The second-order valence-electron chi connectivity index (χ2n) is 11.5. The average Bonchev–Trinajstić information content (AvgIpc) is 3.41. The summed E-state index contributed by atoms with van der Waals surface area (Å²) in [5.41, 5.74) is -0.647. The number of aliphatic hydroxyl groups excluding tert-OH is 1. The number of amidine groups is 1. The molecule has 0 amide bonds. The van der Waals surface area contributed by atoms with Gasteiger partial charge in [-0.2, -0.15) is 8.42 Å². The van der Waals surface area contributed by atoms with Gasteiger partial charge >= 0.3 is 0 Å². The fraction of sp³-hybridized carbons (Fsp3) is 0.321. The average molecular weight is 630 g/mol. The molecular weight excluding hydrogens is 599 g/mol. The van der Waals surface area contributed by atoms with E-state index in [4.69, 9.17) is 0 Å². The van der Waals surface area contributed by atoms with Crippen molar-refractivity contribution in [3.8, 4) is 0 Å². The largest absolute Gasteiger partial charge is 0.506 e. The van der Waals surface area contributed by atoms with Crippen LogP contribution in [0.1, 0.15) is 49.7 Å². The number of aliphatic hydroxyl groups is 1. The Bertz CT molecular complexity index is 1840. The van der Waals surface area contributed by atoms with E-state index in [0.29, 0.717) is 24.0 Å². The molecule has 5 rings (SSSR count). The predicted octanol–water partition coefficient (Wildman–Crippen LogP) is 4.39. The highest BCUT2D eigenvalue weighted by Crippen LogP contribution is 2.44. The molecule has 14 heteroatoms. The first-order valence-corrected chi connectivity index (χ1v) is 17.3. The molecule has 0 spiro atoms. The number of rotatable bonds is 8. The van der Waals surface area contributed by atoms with Gasteiger partial charge in [-0.25, -0.2) is 13.4 Å². The third-order valence-corrected chi connectivity index (χ3v) is 9.74. The van der Waals surface area contributed by atoms with Gasteiger partial charge in [-0.05, 0) is 42.0 Å². The van der Waals surface area contributed by atoms with Gasteiger partial charge in [0.1, 0.15) is 26.8 Å². The summed E-state index contributed by atoms with van der Waals surface area (Å²) in [6.45, 7) is 6.47. The van der Waals surface area contributed by atoms with E-state index in [1.54, 1.807) is 30.5 Å². The molecule has 4 N–H and O–H groups in total. The summed E-state index contributed by atoms with van der Waals surface area (Å²) in [5, 5.41) is 20.4. The second-order valence-corrected chi connectivity index (χ2v) is 15.8. The summed E-state index contributed by atoms with van der Waals surface area (Å²) in [6, 6.07) is 10.9. The molecule has 1 aromatic heterocycles. The maximum atomic E-state index is 14.6. The molecule has 0 radical (unpaired) electrons. The maximum absolute atomic E-state index is 14.6. The zero-order valence-corrected chi connectivity index (χ0v) is 25.9. The van der Waals surface area contributed by atoms with Gasteiger partial charge in [-0.1, -0.05) is 45.0 Å². The summed E-state index contributed by atoms with van der Waals surface area (Å²) in [6.07, 6.45) is 3.61. The van der Waals surface area contributed by atoms with Crippen LogP contribution in [0.25, 0.3) is 5.76 Å². The van der Waals surface area contributed by atoms with Gasteiger partial charge < -0.3 is 10.4 Å². The molecule has 0 fully saturated rings. The van der Waals surface area contributed by atoms with Crippen molar-refractivity contribution in [3.05, 3.63) is 75.7 Å². The Labute approximate surface area is 248 Å². The van der Waals surface area contributed by atoms with E-state index < -0.39 is 37.1 Å². The molecule has 1 unspecified atom stereocenters. The van der Waals surface area contributed by atoms with Crippen molar-refractivity contribution in [1.82, 2.24) is 10.3 Å². The van der Waals surface area contributed by atoms with E-state index in [2.05, 4.69) is 45.5 Å². The maximum Gasteiger partial charge on any atom is 0.286 e. The van der Waals surface area contributed by atoms with Crippen LogP contribution in [-0.2, 0) is 36.9 Å². The zero-order chi connectivity index (χ0) is 30.5. The van der Waals surface area contributed by atoms with E-state index in [9.17, 15) is 26.7 Å². The minimum Gasteiger partial charge on any atom is -0.506 e. The molecule has 2 heterocycles. The van der Waals surface area contributed by atoms with E-state index in [1.165, 1.54) is 23.5 Å². The number of ketones is 1. The van der Waals surface area contributed by atoms with Gasteiger partial charge in [-0.15, -0.1) is 15.7 Å². The normalized spacial score (nSPS) is 19.9. The quantitative estimate of drug-likeness (QED) is 0.283. The number of anilines is 2. The van der Waals surface area contributed by atoms with Gasteiger partial charge in [0, 0.05) is 29.4 Å². The minimum atomic E-state index is -4.40. The SMILES string of the molecule is CC(C)(C)CCC1(NCc2nccs2)C(=O)C(C2=NS(=O)(=O)c3cc(NS(C)(=O)=O)ccc3N2)=C(O)c2ccccc21. The number of carbonyl (C=O) groups excluding carboxylic acids is 1. The van der Waals surface area contributed by atoms with Crippen LogP contribution in [0.3, 0.4) is 0 Å². The molecule has 0 saturated heterocycles. The summed E-state index contributed by atoms with van der Waals surface area (Å²) in [7, 11) is -8.06. The van der Waals surface area contributed by atoms with Crippen molar-refractivity contribution in [1.29, 1.82) is 0 Å². The minimum absolute atomic E-state index is 0.0394. The number of carbonyl (C=O) groups is 1. The summed E-state index contributed by atoms with van der Waals surface area (Å²) < 4.78 is 56.2. The number of nitrogens with one attached hydrogen (secondary N) is 3. The standard InChI is InChI=1S/C28H31N5O6S3/c1-27(2,3)11-12-28(30-16-22-29-13-14-40-22)19-8-6-5-7-18(19)24(34)23(25(28)35)26-31-20-10-9-17(32-41(4,36)37)15-21(20)42(38,39)33-26/h5-10,13-15,30,32,34H,11-12,16H2,1-4H3,(H,31,33). The number of hydrogen-bond donors (Lipinski definition) is 4. The number of sulfonamides is 2. The Morgan fingerprint density at radius 3 is 2.55 bits per heavy atom. The van der Waals surface area contributed by atoms with Crippen molar-refractivity contribution in [2.75, 3.05) is 16.3 Å². The first kappa shape index (κ1) is 29.9. The molecule has 0 bridgehead atoms. The number of fused-ring (bicyclic) bond motifs is 2. The summed E-state index contributed by atoms with van der Waals surface area (Å²) in [5.74, 6) is -1.24. The third-order valence-electron chi connectivity index (χ3n) is 7.03. The van der Waals surface area contributed by atoms with Gasteiger partial charge in [-0.3, -0.25) is 14.8 Å². The van der Waals surface area contributed by atoms with E-state index in [0.717, 1.165) is 17.3 Å². The lowest BCUT2D eigenvalue weighted by molar-refractivity contribution is -0.122. The molecule has 42 heavy (non-hydrogen) atoms. The first-order chi connectivity index (χ1) is 19.6. The van der Waals surface area contributed by atoms with Gasteiger partial charge in [0.25, 0.3) is 10.0 Å². The number of benzene rings is 2. The molecular formula is C28H31N5O6S3. The molecule has 2 aliphatic rings. The topological polar surface area (TPSA) is 167 Å². The van der Waals surface area contributed by atoms with Crippen LogP contribution in [0.4, 0.5) is 11.4 Å². The number of thiazole rings is 1. The molecule has 1 atom stereocenters. The molecule has 3 aromatic rings. The fourth-order valence-corrected chi connectivity index (χ4v) is 7.30. The van der Waals surface area contributed by atoms with Gasteiger partial charge in [0.2, 0.25) is 10.0 Å². The molecule has 0 saturated carbocycles. The lowest BCUT2D eigenvalue weighted by atomic mass is 9.70. The van der Waals surface area contributed by atoms with E-state index in [-0.39, 0.29) is 39.6 Å².